The predicted molar refractivity (Wildman–Crippen MR) is 102 cm³/mol. The zero-order valence-electron chi connectivity index (χ0n) is 14.0. The number of carbonyl (C=O) groups is 1. The van der Waals surface area contributed by atoms with E-state index in [0.29, 0.717) is 17.5 Å². The van der Waals surface area contributed by atoms with E-state index in [0.717, 1.165) is 11.1 Å². The summed E-state index contributed by atoms with van der Waals surface area (Å²) in [5, 5.41) is 11.2. The van der Waals surface area contributed by atoms with Crippen LogP contribution in [0, 0.1) is 0 Å². The molecular formula is C20H13ClN4O2. The first-order valence-corrected chi connectivity index (χ1v) is 8.50. The van der Waals surface area contributed by atoms with Gasteiger partial charge in [-0.25, -0.2) is 4.98 Å². The monoisotopic (exact) mass is 376 g/mol. The third-order valence-corrected chi connectivity index (χ3v) is 3.99. The van der Waals surface area contributed by atoms with Crippen molar-refractivity contribution in [3.8, 4) is 22.9 Å². The van der Waals surface area contributed by atoms with E-state index >= 15 is 0 Å². The van der Waals surface area contributed by atoms with Crippen LogP contribution in [0.2, 0.25) is 5.15 Å². The van der Waals surface area contributed by atoms with Crippen LogP contribution in [-0.4, -0.2) is 21.1 Å². The first kappa shape index (κ1) is 16.9. The van der Waals surface area contributed by atoms with Crippen molar-refractivity contribution in [1.82, 2.24) is 15.2 Å². The number of pyridine rings is 1. The molecule has 0 saturated carbocycles. The lowest BCUT2D eigenvalue weighted by Gasteiger charge is -2.05. The molecular weight excluding hydrogens is 364 g/mol. The van der Waals surface area contributed by atoms with Crippen LogP contribution in [-0.2, 0) is 0 Å². The molecule has 0 aliphatic carbocycles. The molecule has 0 aliphatic rings. The zero-order chi connectivity index (χ0) is 18.6. The molecule has 1 amide bonds. The number of benzene rings is 2. The number of halogens is 1. The number of nitrogens with zero attached hydrogens (tertiary/aromatic N) is 3. The topological polar surface area (TPSA) is 80.9 Å². The Hall–Kier alpha value is -3.51. The minimum atomic E-state index is -0.339. The first-order chi connectivity index (χ1) is 13.2. The molecule has 6 nitrogen and oxygen atoms in total. The fourth-order valence-electron chi connectivity index (χ4n) is 2.46. The molecule has 2 heterocycles. The number of carbonyl (C=O) groups excluding carboxylic acids is 1. The normalized spacial score (nSPS) is 10.6. The van der Waals surface area contributed by atoms with Crippen LogP contribution < -0.4 is 5.32 Å². The van der Waals surface area contributed by atoms with Crippen LogP contribution in [0.5, 0.6) is 0 Å². The van der Waals surface area contributed by atoms with E-state index < -0.39 is 0 Å². The van der Waals surface area contributed by atoms with Crippen LogP contribution in [0.25, 0.3) is 22.9 Å². The summed E-state index contributed by atoms with van der Waals surface area (Å²) in [6, 6.07) is 21.5. The Kier molecular flexibility index (Phi) is 4.63. The molecule has 132 valence electrons. The minimum absolute atomic E-state index is 0.246. The minimum Gasteiger partial charge on any atom is -0.416 e. The van der Waals surface area contributed by atoms with E-state index in [1.807, 2.05) is 30.3 Å². The van der Waals surface area contributed by atoms with Crippen LogP contribution >= 0.6 is 11.6 Å². The quantitative estimate of drug-likeness (QED) is 0.522. The largest absolute Gasteiger partial charge is 0.416 e. The maximum absolute atomic E-state index is 12.2. The second kappa shape index (κ2) is 7.39. The van der Waals surface area contributed by atoms with Crippen molar-refractivity contribution in [2.24, 2.45) is 0 Å². The first-order valence-electron chi connectivity index (χ1n) is 8.12. The van der Waals surface area contributed by atoms with Crippen LogP contribution in [0.3, 0.4) is 0 Å². The Bertz CT molecular complexity index is 1080. The Morgan fingerprint density at radius 2 is 1.48 bits per heavy atom. The Morgan fingerprint density at radius 3 is 2.15 bits per heavy atom. The van der Waals surface area contributed by atoms with Gasteiger partial charge in [0.15, 0.2) is 0 Å². The summed E-state index contributed by atoms with van der Waals surface area (Å²) in [5.41, 5.74) is 2.47. The van der Waals surface area contributed by atoms with Gasteiger partial charge in [0.1, 0.15) is 10.8 Å². The summed E-state index contributed by atoms with van der Waals surface area (Å²) < 4.78 is 5.72. The zero-order valence-corrected chi connectivity index (χ0v) is 14.7. The molecule has 1 N–H and O–H groups in total. The highest BCUT2D eigenvalue weighted by molar-refractivity contribution is 6.29. The fourth-order valence-corrected chi connectivity index (χ4v) is 2.63. The van der Waals surface area contributed by atoms with Gasteiger partial charge in [0.2, 0.25) is 11.8 Å². The van der Waals surface area contributed by atoms with Crippen molar-refractivity contribution in [2.75, 3.05) is 5.32 Å². The molecule has 0 spiro atoms. The molecule has 27 heavy (non-hydrogen) atoms. The summed E-state index contributed by atoms with van der Waals surface area (Å²) >= 11 is 5.81. The van der Waals surface area contributed by atoms with Gasteiger partial charge in [0.25, 0.3) is 5.91 Å². The van der Waals surface area contributed by atoms with E-state index in [4.69, 9.17) is 16.0 Å². The molecule has 4 aromatic rings. The molecule has 4 rings (SSSR count). The molecule has 0 unspecified atom stereocenters. The maximum atomic E-state index is 12.2. The second-order valence-corrected chi connectivity index (χ2v) is 6.04. The highest BCUT2D eigenvalue weighted by Crippen LogP contribution is 2.24. The number of anilines is 1. The molecule has 0 atom stereocenters. The van der Waals surface area contributed by atoms with Gasteiger partial charge in [-0.05, 0) is 48.5 Å². The summed E-state index contributed by atoms with van der Waals surface area (Å²) in [4.78, 5) is 16.2. The van der Waals surface area contributed by atoms with Gasteiger partial charge >= 0.3 is 0 Å². The van der Waals surface area contributed by atoms with Gasteiger partial charge in [0.05, 0.1) is 0 Å². The molecule has 2 aromatic heterocycles. The lowest BCUT2D eigenvalue weighted by molar-refractivity contribution is 0.102. The van der Waals surface area contributed by atoms with Gasteiger partial charge in [-0.2, -0.15) is 0 Å². The SMILES string of the molecule is O=C(Nc1ccc(-c2nnc(-c3ccccc3)o2)cc1)c1cccc(Cl)n1. The van der Waals surface area contributed by atoms with Crippen molar-refractivity contribution in [2.45, 2.75) is 0 Å². The molecule has 0 fully saturated rings. The molecule has 7 heteroatoms. The van der Waals surface area contributed by atoms with Gasteiger partial charge in [-0.15, -0.1) is 10.2 Å². The van der Waals surface area contributed by atoms with Crippen molar-refractivity contribution < 1.29 is 9.21 Å². The van der Waals surface area contributed by atoms with E-state index in [2.05, 4.69) is 20.5 Å². The average molecular weight is 377 g/mol. The molecule has 2 aromatic carbocycles. The Labute approximate surface area is 159 Å². The standard InChI is InChI=1S/C20H13ClN4O2/c21-17-8-4-7-16(23-17)18(26)22-15-11-9-14(10-12-15)20-25-24-19(27-20)13-5-2-1-3-6-13/h1-12H,(H,22,26). The van der Waals surface area contributed by atoms with Crippen LogP contribution in [0.4, 0.5) is 5.69 Å². The van der Waals surface area contributed by atoms with Crippen molar-refractivity contribution >= 4 is 23.2 Å². The van der Waals surface area contributed by atoms with Crippen LogP contribution in [0.1, 0.15) is 10.5 Å². The summed E-state index contributed by atoms with van der Waals surface area (Å²) in [5.74, 6) is 0.521. The van der Waals surface area contributed by atoms with Crippen molar-refractivity contribution in [3.63, 3.8) is 0 Å². The summed E-state index contributed by atoms with van der Waals surface area (Å²) in [6.07, 6.45) is 0. The van der Waals surface area contributed by atoms with E-state index in [-0.39, 0.29) is 16.8 Å². The van der Waals surface area contributed by atoms with Gasteiger partial charge in [-0.1, -0.05) is 35.9 Å². The number of rotatable bonds is 4. The number of hydrogen-bond acceptors (Lipinski definition) is 5. The fraction of sp³-hybridized carbons (Fsp3) is 0. The molecule has 0 radical (unpaired) electrons. The van der Waals surface area contributed by atoms with E-state index in [9.17, 15) is 4.79 Å². The van der Waals surface area contributed by atoms with Crippen LogP contribution in [0.15, 0.2) is 77.2 Å². The number of aromatic nitrogens is 3. The van der Waals surface area contributed by atoms with Crippen molar-refractivity contribution in [1.29, 1.82) is 0 Å². The number of amides is 1. The molecule has 0 bridgehead atoms. The van der Waals surface area contributed by atoms with E-state index in [1.165, 1.54) is 0 Å². The summed E-state index contributed by atoms with van der Waals surface area (Å²) in [6.45, 7) is 0. The highest BCUT2D eigenvalue weighted by Gasteiger charge is 2.11. The third-order valence-electron chi connectivity index (χ3n) is 3.78. The van der Waals surface area contributed by atoms with Gasteiger partial charge < -0.3 is 9.73 Å². The predicted octanol–water partition coefficient (Wildman–Crippen LogP) is 4.70. The van der Waals surface area contributed by atoms with Gasteiger partial charge in [0, 0.05) is 16.8 Å². The van der Waals surface area contributed by atoms with Crippen molar-refractivity contribution in [3.05, 3.63) is 83.6 Å². The lowest BCUT2D eigenvalue weighted by Crippen LogP contribution is -2.13. The average Bonchev–Trinajstić information content (AvgIpc) is 3.19. The van der Waals surface area contributed by atoms with Gasteiger partial charge in [-0.3, -0.25) is 4.79 Å². The third kappa shape index (κ3) is 3.86. The van der Waals surface area contributed by atoms with E-state index in [1.54, 1.807) is 42.5 Å². The number of nitrogens with one attached hydrogen (secondary N) is 1. The lowest BCUT2D eigenvalue weighted by atomic mass is 10.2. The molecule has 0 saturated heterocycles. The smallest absolute Gasteiger partial charge is 0.274 e. The second-order valence-electron chi connectivity index (χ2n) is 5.66. The molecule has 0 aliphatic heterocycles. The highest BCUT2D eigenvalue weighted by atomic mass is 35.5. The Morgan fingerprint density at radius 1 is 0.815 bits per heavy atom. The Balaban J connectivity index is 1.49. The maximum Gasteiger partial charge on any atom is 0.274 e. The summed E-state index contributed by atoms with van der Waals surface area (Å²) in [7, 11) is 0. The number of hydrogen-bond donors (Lipinski definition) is 1.